The second kappa shape index (κ2) is 13.1. The van der Waals surface area contributed by atoms with Crippen LogP contribution in [0, 0.1) is 0 Å². The van der Waals surface area contributed by atoms with Gasteiger partial charge in [-0.2, -0.15) is 0 Å². The van der Waals surface area contributed by atoms with Crippen LogP contribution in [0.1, 0.15) is 22.8 Å². The predicted molar refractivity (Wildman–Crippen MR) is 120 cm³/mol. The molecule has 11 nitrogen and oxygen atoms in total. The van der Waals surface area contributed by atoms with Gasteiger partial charge < -0.3 is 46.5 Å². The summed E-state index contributed by atoms with van der Waals surface area (Å²) < 4.78 is 11.2. The van der Waals surface area contributed by atoms with Crippen LogP contribution in [0.2, 0.25) is 0 Å². The highest BCUT2D eigenvalue weighted by Crippen LogP contribution is 2.22. The molecule has 33 heavy (non-hydrogen) atoms. The number of rotatable bonds is 13. The molecule has 0 heterocycles. The highest BCUT2D eigenvalue weighted by atomic mass is 16.5. The van der Waals surface area contributed by atoms with Gasteiger partial charge in [-0.25, -0.2) is 4.79 Å². The maximum Gasteiger partial charge on any atom is 0.317 e. The number of phenols is 1. The molecule has 180 valence electrons. The average molecular weight is 463 g/mol. The number of benzene rings is 2. The van der Waals surface area contributed by atoms with Gasteiger partial charge in [-0.05, 0) is 31.2 Å². The number of aliphatic hydroxyl groups excluding tert-OH is 2. The summed E-state index contributed by atoms with van der Waals surface area (Å²) in [6.07, 6.45) is -1.75. The van der Waals surface area contributed by atoms with E-state index in [0.717, 1.165) is 5.56 Å². The van der Waals surface area contributed by atoms with E-state index in [-0.39, 0.29) is 37.6 Å². The summed E-state index contributed by atoms with van der Waals surface area (Å²) in [7, 11) is 0. The lowest BCUT2D eigenvalue weighted by atomic mass is 10.2. The van der Waals surface area contributed by atoms with Crippen molar-refractivity contribution in [1.82, 2.24) is 16.0 Å². The zero-order valence-corrected chi connectivity index (χ0v) is 18.3. The number of carbonyl (C=O) groups excluding carboxylic acids is 2. The van der Waals surface area contributed by atoms with E-state index in [1.54, 1.807) is 24.3 Å². The summed E-state index contributed by atoms with van der Waals surface area (Å²) in [5, 5.41) is 36.8. The van der Waals surface area contributed by atoms with Gasteiger partial charge in [-0.3, -0.25) is 4.79 Å². The van der Waals surface area contributed by atoms with Crippen molar-refractivity contribution in [2.45, 2.75) is 25.8 Å². The van der Waals surface area contributed by atoms with Crippen LogP contribution in [0.15, 0.2) is 42.5 Å². The first-order chi connectivity index (χ1) is 15.8. The molecular formula is C22H30N4O7. The minimum Gasteiger partial charge on any atom is -0.507 e. The lowest BCUT2D eigenvalue weighted by molar-refractivity contribution is 0.0996. The Bertz CT molecular complexity index is 923. The Balaban J connectivity index is 1.69. The third kappa shape index (κ3) is 9.23. The molecule has 0 aliphatic heterocycles. The number of hydrogen-bond acceptors (Lipinski definition) is 8. The number of hydrogen-bond donors (Lipinski definition) is 7. The molecule has 11 heteroatoms. The number of nitrogens with two attached hydrogens (primary N) is 1. The minimum atomic E-state index is -0.960. The molecule has 0 saturated heterocycles. The summed E-state index contributed by atoms with van der Waals surface area (Å²) >= 11 is 0. The second-order valence-corrected chi connectivity index (χ2v) is 7.17. The molecule has 0 aliphatic rings. The number of nitrogens with one attached hydrogen (secondary N) is 3. The van der Waals surface area contributed by atoms with Gasteiger partial charge in [0, 0.05) is 25.2 Å². The first kappa shape index (κ1) is 25.7. The highest BCUT2D eigenvalue weighted by Gasteiger charge is 2.11. The van der Waals surface area contributed by atoms with E-state index in [2.05, 4.69) is 16.0 Å². The molecule has 2 atom stereocenters. The van der Waals surface area contributed by atoms with Gasteiger partial charge in [-0.15, -0.1) is 0 Å². The molecule has 0 bridgehead atoms. The summed E-state index contributed by atoms with van der Waals surface area (Å²) in [4.78, 5) is 22.9. The number of primary amides is 1. The number of para-hydroxylation sites is 1. The van der Waals surface area contributed by atoms with E-state index in [9.17, 15) is 19.8 Å². The fraction of sp³-hybridized carbons (Fsp3) is 0.364. The van der Waals surface area contributed by atoms with Gasteiger partial charge in [0.25, 0.3) is 5.91 Å². The third-order valence-corrected chi connectivity index (χ3v) is 4.34. The van der Waals surface area contributed by atoms with E-state index in [1.165, 1.54) is 25.1 Å². The Morgan fingerprint density at radius 1 is 1.12 bits per heavy atom. The van der Waals surface area contributed by atoms with Crippen LogP contribution in [0.4, 0.5) is 4.79 Å². The molecule has 0 radical (unpaired) electrons. The van der Waals surface area contributed by atoms with Crippen LogP contribution < -0.4 is 31.2 Å². The minimum absolute atomic E-state index is 0.0212. The Kier molecular flexibility index (Phi) is 10.2. The summed E-state index contributed by atoms with van der Waals surface area (Å²) in [5.41, 5.74) is 5.88. The number of aromatic hydroxyl groups is 1. The molecule has 0 aliphatic carbocycles. The van der Waals surface area contributed by atoms with E-state index in [4.69, 9.17) is 20.3 Å². The third-order valence-electron chi connectivity index (χ3n) is 4.34. The van der Waals surface area contributed by atoms with Gasteiger partial charge in [0.05, 0.1) is 5.56 Å². The number of carbonyl (C=O) groups is 2. The number of ether oxygens (including phenoxy) is 2. The van der Waals surface area contributed by atoms with Gasteiger partial charge in [0.1, 0.15) is 42.8 Å². The average Bonchev–Trinajstić information content (AvgIpc) is 2.77. The molecule has 2 aromatic carbocycles. The fourth-order valence-corrected chi connectivity index (χ4v) is 2.76. The highest BCUT2D eigenvalue weighted by molar-refractivity contribution is 5.95. The van der Waals surface area contributed by atoms with Gasteiger partial charge in [0.2, 0.25) is 0 Å². The Hall–Kier alpha value is -3.54. The van der Waals surface area contributed by atoms with Crippen molar-refractivity contribution >= 4 is 11.9 Å². The van der Waals surface area contributed by atoms with Gasteiger partial charge in [-0.1, -0.05) is 18.2 Å². The molecule has 2 rings (SSSR count). The van der Waals surface area contributed by atoms with Crippen molar-refractivity contribution in [2.75, 3.05) is 26.3 Å². The van der Waals surface area contributed by atoms with Crippen LogP contribution in [-0.2, 0) is 6.54 Å². The summed E-state index contributed by atoms with van der Waals surface area (Å²) in [6.45, 7) is 2.59. The summed E-state index contributed by atoms with van der Waals surface area (Å²) in [6, 6.07) is 10.8. The standard InChI is InChI=1S/C22H30N4O7/c1-14(27)26-22(31)25-11-15-4-2-3-5-20(15)33-13-16(28)12-24-8-9-32-17-6-7-19(29)18(10-17)21(23)30/h2-7,10,14,16,24,27-29H,8-9,11-13H2,1H3,(H2,23,30)(H2,25,26,31). The van der Waals surface area contributed by atoms with E-state index < -0.39 is 24.3 Å². The Morgan fingerprint density at radius 2 is 1.88 bits per heavy atom. The van der Waals surface area contributed by atoms with E-state index >= 15 is 0 Å². The van der Waals surface area contributed by atoms with Gasteiger partial charge in [0.15, 0.2) is 0 Å². The quantitative estimate of drug-likeness (QED) is 0.161. The maximum absolute atomic E-state index is 11.6. The maximum atomic E-state index is 11.6. The number of amides is 3. The predicted octanol–water partition coefficient (Wildman–Crippen LogP) is 0.0369. The number of urea groups is 1. The van der Waals surface area contributed by atoms with Crippen LogP contribution in [-0.4, -0.2) is 65.9 Å². The van der Waals surface area contributed by atoms with Crippen LogP contribution >= 0.6 is 0 Å². The first-order valence-electron chi connectivity index (χ1n) is 10.3. The monoisotopic (exact) mass is 462 g/mol. The van der Waals surface area contributed by atoms with Crippen molar-refractivity contribution in [3.8, 4) is 17.2 Å². The molecule has 2 aromatic rings. The molecule has 0 saturated carbocycles. The Morgan fingerprint density at radius 3 is 2.61 bits per heavy atom. The molecule has 0 aromatic heterocycles. The number of aliphatic hydroxyl groups is 2. The SMILES string of the molecule is CC(O)NC(=O)NCc1ccccc1OCC(O)CNCCOc1ccc(O)c(C(N)=O)c1. The van der Waals surface area contributed by atoms with Crippen molar-refractivity contribution in [3.05, 3.63) is 53.6 Å². The zero-order chi connectivity index (χ0) is 24.2. The lowest BCUT2D eigenvalue weighted by Crippen LogP contribution is -2.40. The second-order valence-electron chi connectivity index (χ2n) is 7.17. The van der Waals surface area contributed by atoms with Crippen LogP contribution in [0.3, 0.4) is 0 Å². The fourth-order valence-electron chi connectivity index (χ4n) is 2.76. The van der Waals surface area contributed by atoms with E-state index in [0.29, 0.717) is 18.0 Å². The normalized spacial score (nSPS) is 12.5. The van der Waals surface area contributed by atoms with E-state index in [1.807, 2.05) is 0 Å². The molecule has 2 unspecified atom stereocenters. The molecule has 3 amide bonds. The molecule has 0 spiro atoms. The summed E-state index contributed by atoms with van der Waals surface area (Å²) in [5.74, 6) is -0.0505. The smallest absolute Gasteiger partial charge is 0.317 e. The van der Waals surface area contributed by atoms with Crippen molar-refractivity contribution in [3.63, 3.8) is 0 Å². The Labute approximate surface area is 191 Å². The van der Waals surface area contributed by atoms with Crippen LogP contribution in [0.5, 0.6) is 17.2 Å². The van der Waals surface area contributed by atoms with Crippen molar-refractivity contribution in [2.24, 2.45) is 5.73 Å². The lowest BCUT2D eigenvalue weighted by Gasteiger charge is -2.16. The zero-order valence-electron chi connectivity index (χ0n) is 18.3. The van der Waals surface area contributed by atoms with Crippen molar-refractivity contribution < 1.29 is 34.4 Å². The molecular weight excluding hydrogens is 432 g/mol. The first-order valence-corrected chi connectivity index (χ1v) is 10.3. The molecule has 0 fully saturated rings. The van der Waals surface area contributed by atoms with Gasteiger partial charge >= 0.3 is 6.03 Å². The van der Waals surface area contributed by atoms with Crippen molar-refractivity contribution in [1.29, 1.82) is 0 Å². The van der Waals surface area contributed by atoms with Crippen LogP contribution in [0.25, 0.3) is 0 Å². The molecule has 8 N–H and O–H groups in total. The topological polar surface area (TPSA) is 175 Å². The largest absolute Gasteiger partial charge is 0.507 e.